The molecule has 0 radical (unpaired) electrons. The molecule has 0 aliphatic carbocycles. The Morgan fingerprint density at radius 1 is 1.17 bits per heavy atom. The third-order valence-corrected chi connectivity index (χ3v) is 4.38. The van der Waals surface area contributed by atoms with Gasteiger partial charge in [0.05, 0.1) is 6.61 Å². The predicted molar refractivity (Wildman–Crippen MR) is 90.4 cm³/mol. The number of hydrogen-bond donors (Lipinski definition) is 1. The summed E-state index contributed by atoms with van der Waals surface area (Å²) in [5.41, 5.74) is 0.642. The zero-order valence-corrected chi connectivity index (χ0v) is 13.5. The molecule has 5 heteroatoms. The Morgan fingerprint density at radius 2 is 1.88 bits per heavy atom. The number of aliphatic hydroxyl groups excluding tert-OH is 1. The monoisotopic (exact) mass is 326 g/mol. The van der Waals surface area contributed by atoms with Crippen LogP contribution in [0.25, 0.3) is 0 Å². The smallest absolute Gasteiger partial charge is 0.256 e. The summed E-state index contributed by atoms with van der Waals surface area (Å²) >= 11 is 0. The van der Waals surface area contributed by atoms with Crippen LogP contribution in [0.15, 0.2) is 54.7 Å². The summed E-state index contributed by atoms with van der Waals surface area (Å²) < 4.78 is 5.69. The predicted octanol–water partition coefficient (Wildman–Crippen LogP) is 2.43. The standard InChI is InChI=1S/C19H22N2O3/c22-18(16-6-2-1-3-7-16)19(23)21-12-9-15(10-13-21)14-24-17-8-4-5-11-20-17/h1-8,11,15,18,22H,9-10,12-14H2. The lowest BCUT2D eigenvalue weighted by Gasteiger charge is -2.33. The average Bonchev–Trinajstić information content (AvgIpc) is 2.67. The van der Waals surface area contributed by atoms with Crippen LogP contribution in [0.4, 0.5) is 0 Å². The molecule has 1 aliphatic heterocycles. The number of nitrogens with zero attached hydrogens (tertiary/aromatic N) is 2. The first-order valence-electron chi connectivity index (χ1n) is 8.29. The first kappa shape index (κ1) is 16.5. The van der Waals surface area contributed by atoms with E-state index >= 15 is 0 Å². The maximum atomic E-state index is 12.4. The van der Waals surface area contributed by atoms with E-state index in [1.807, 2.05) is 36.4 Å². The molecule has 0 bridgehead atoms. The highest BCUT2D eigenvalue weighted by Crippen LogP contribution is 2.22. The van der Waals surface area contributed by atoms with Gasteiger partial charge in [-0.2, -0.15) is 0 Å². The zero-order valence-electron chi connectivity index (χ0n) is 13.5. The summed E-state index contributed by atoms with van der Waals surface area (Å²) in [6, 6.07) is 14.7. The van der Waals surface area contributed by atoms with Crippen LogP contribution in [-0.4, -0.2) is 40.6 Å². The number of carbonyl (C=O) groups excluding carboxylic acids is 1. The molecule has 1 atom stereocenters. The van der Waals surface area contributed by atoms with Gasteiger partial charge in [0.15, 0.2) is 6.10 Å². The number of likely N-dealkylation sites (tertiary alicyclic amines) is 1. The fourth-order valence-electron chi connectivity index (χ4n) is 2.91. The molecule has 5 nitrogen and oxygen atoms in total. The van der Waals surface area contributed by atoms with Crippen LogP contribution in [0.5, 0.6) is 5.88 Å². The molecule has 24 heavy (non-hydrogen) atoms. The van der Waals surface area contributed by atoms with Gasteiger partial charge in [-0.15, -0.1) is 0 Å². The second-order valence-corrected chi connectivity index (χ2v) is 6.06. The van der Waals surface area contributed by atoms with Gasteiger partial charge in [-0.3, -0.25) is 4.79 Å². The zero-order chi connectivity index (χ0) is 16.8. The van der Waals surface area contributed by atoms with Gasteiger partial charge in [0.25, 0.3) is 5.91 Å². The number of aliphatic hydroxyl groups is 1. The second kappa shape index (κ2) is 7.93. The van der Waals surface area contributed by atoms with Crippen molar-refractivity contribution in [3.63, 3.8) is 0 Å². The van der Waals surface area contributed by atoms with E-state index in [2.05, 4.69) is 4.98 Å². The lowest BCUT2D eigenvalue weighted by molar-refractivity contribution is -0.142. The van der Waals surface area contributed by atoms with E-state index in [4.69, 9.17) is 4.74 Å². The summed E-state index contributed by atoms with van der Waals surface area (Å²) in [4.78, 5) is 18.3. The van der Waals surface area contributed by atoms with Crippen molar-refractivity contribution in [1.82, 2.24) is 9.88 Å². The molecule has 1 aliphatic rings. The molecule has 1 aromatic carbocycles. The van der Waals surface area contributed by atoms with E-state index in [9.17, 15) is 9.90 Å². The van der Waals surface area contributed by atoms with Crippen LogP contribution in [0.3, 0.4) is 0 Å². The van der Waals surface area contributed by atoms with Crippen molar-refractivity contribution < 1.29 is 14.6 Å². The highest BCUT2D eigenvalue weighted by Gasteiger charge is 2.28. The summed E-state index contributed by atoms with van der Waals surface area (Å²) in [6.07, 6.45) is 2.38. The Hall–Kier alpha value is -2.40. The molecule has 1 fully saturated rings. The van der Waals surface area contributed by atoms with E-state index in [-0.39, 0.29) is 5.91 Å². The van der Waals surface area contributed by atoms with Crippen LogP contribution in [0, 0.1) is 5.92 Å². The number of benzene rings is 1. The topological polar surface area (TPSA) is 62.7 Å². The number of ether oxygens (including phenoxy) is 1. The van der Waals surface area contributed by atoms with E-state index in [1.54, 1.807) is 23.2 Å². The number of pyridine rings is 1. The third-order valence-electron chi connectivity index (χ3n) is 4.38. The largest absolute Gasteiger partial charge is 0.477 e. The lowest BCUT2D eigenvalue weighted by atomic mass is 9.97. The number of carbonyl (C=O) groups is 1. The molecule has 126 valence electrons. The van der Waals surface area contributed by atoms with Gasteiger partial charge in [-0.25, -0.2) is 4.98 Å². The quantitative estimate of drug-likeness (QED) is 0.917. The Bertz CT molecular complexity index is 640. The molecule has 0 saturated carbocycles. The fraction of sp³-hybridized carbons (Fsp3) is 0.368. The van der Waals surface area contributed by atoms with Crippen molar-refractivity contribution in [2.75, 3.05) is 19.7 Å². The van der Waals surface area contributed by atoms with Crippen molar-refractivity contribution in [1.29, 1.82) is 0 Å². The molecule has 1 aromatic heterocycles. The maximum Gasteiger partial charge on any atom is 0.256 e. The van der Waals surface area contributed by atoms with E-state index in [1.165, 1.54) is 0 Å². The second-order valence-electron chi connectivity index (χ2n) is 6.06. The highest BCUT2D eigenvalue weighted by atomic mass is 16.5. The van der Waals surface area contributed by atoms with Gasteiger partial charge in [0.1, 0.15) is 0 Å². The van der Waals surface area contributed by atoms with Crippen molar-refractivity contribution >= 4 is 5.91 Å². The molecule has 1 saturated heterocycles. The maximum absolute atomic E-state index is 12.4. The van der Waals surface area contributed by atoms with Crippen molar-refractivity contribution in [3.8, 4) is 5.88 Å². The third kappa shape index (κ3) is 4.11. The van der Waals surface area contributed by atoms with Crippen LogP contribution < -0.4 is 4.74 Å². The van der Waals surface area contributed by atoms with Crippen molar-refractivity contribution in [3.05, 3.63) is 60.3 Å². The van der Waals surface area contributed by atoms with Crippen LogP contribution in [-0.2, 0) is 4.79 Å². The van der Waals surface area contributed by atoms with Gasteiger partial charge in [-0.05, 0) is 30.4 Å². The molecular formula is C19H22N2O3. The lowest BCUT2D eigenvalue weighted by Crippen LogP contribution is -2.42. The van der Waals surface area contributed by atoms with Crippen LogP contribution in [0.2, 0.25) is 0 Å². The van der Waals surface area contributed by atoms with Crippen LogP contribution >= 0.6 is 0 Å². The summed E-state index contributed by atoms with van der Waals surface area (Å²) in [5, 5.41) is 10.2. The Morgan fingerprint density at radius 3 is 2.54 bits per heavy atom. The van der Waals surface area contributed by atoms with E-state index < -0.39 is 6.10 Å². The average molecular weight is 326 g/mol. The Balaban J connectivity index is 1.47. The van der Waals surface area contributed by atoms with Gasteiger partial charge < -0.3 is 14.7 Å². The fourth-order valence-corrected chi connectivity index (χ4v) is 2.91. The molecule has 1 amide bonds. The van der Waals surface area contributed by atoms with Gasteiger partial charge in [-0.1, -0.05) is 36.4 Å². The number of hydrogen-bond acceptors (Lipinski definition) is 4. The molecule has 1 unspecified atom stereocenters. The summed E-state index contributed by atoms with van der Waals surface area (Å²) in [6.45, 7) is 1.91. The van der Waals surface area contributed by atoms with E-state index in [0.717, 1.165) is 12.8 Å². The summed E-state index contributed by atoms with van der Waals surface area (Å²) in [7, 11) is 0. The van der Waals surface area contributed by atoms with Crippen molar-refractivity contribution in [2.45, 2.75) is 18.9 Å². The normalized spacial score (nSPS) is 16.6. The van der Waals surface area contributed by atoms with Crippen LogP contribution in [0.1, 0.15) is 24.5 Å². The number of piperidine rings is 1. The minimum atomic E-state index is -1.08. The number of rotatable bonds is 5. The molecule has 0 spiro atoms. The molecular weight excluding hydrogens is 304 g/mol. The Kier molecular flexibility index (Phi) is 5.43. The van der Waals surface area contributed by atoms with Gasteiger partial charge in [0, 0.05) is 25.4 Å². The SMILES string of the molecule is O=C(C(O)c1ccccc1)N1CCC(COc2ccccn2)CC1. The van der Waals surface area contributed by atoms with Crippen molar-refractivity contribution in [2.24, 2.45) is 5.92 Å². The molecule has 2 aromatic rings. The minimum Gasteiger partial charge on any atom is -0.477 e. The molecule has 3 rings (SSSR count). The molecule has 1 N–H and O–H groups in total. The number of amides is 1. The first-order valence-corrected chi connectivity index (χ1v) is 8.29. The minimum absolute atomic E-state index is 0.217. The van der Waals surface area contributed by atoms with Gasteiger partial charge in [0.2, 0.25) is 5.88 Å². The van der Waals surface area contributed by atoms with E-state index in [0.29, 0.717) is 37.1 Å². The van der Waals surface area contributed by atoms with Gasteiger partial charge >= 0.3 is 0 Å². The highest BCUT2D eigenvalue weighted by molar-refractivity contribution is 5.82. The number of aromatic nitrogens is 1. The first-order chi connectivity index (χ1) is 11.7. The summed E-state index contributed by atoms with van der Waals surface area (Å²) in [5.74, 6) is 0.825. The molecule has 2 heterocycles. The Labute approximate surface area is 141 Å².